The molecule has 1 N–H and O–H groups in total. The number of amides is 1. The van der Waals surface area contributed by atoms with Gasteiger partial charge in [-0.2, -0.15) is 13.2 Å². The molecular formula is C13H14F3NO. The second-order valence-corrected chi connectivity index (χ2v) is 3.80. The summed E-state index contributed by atoms with van der Waals surface area (Å²) in [4.78, 5) is 11.4. The zero-order valence-corrected chi connectivity index (χ0v) is 9.76. The van der Waals surface area contributed by atoms with Gasteiger partial charge in [0, 0.05) is 6.54 Å². The summed E-state index contributed by atoms with van der Waals surface area (Å²) in [6, 6.07) is 4.59. The van der Waals surface area contributed by atoms with E-state index in [0.29, 0.717) is 18.5 Å². The molecule has 1 rings (SSSR count). The van der Waals surface area contributed by atoms with Gasteiger partial charge in [0.15, 0.2) is 0 Å². The van der Waals surface area contributed by atoms with Crippen LogP contribution in [-0.4, -0.2) is 12.5 Å². The number of alkyl halides is 3. The van der Waals surface area contributed by atoms with E-state index >= 15 is 0 Å². The molecule has 0 aliphatic rings. The van der Waals surface area contributed by atoms with Gasteiger partial charge in [-0.05, 0) is 24.1 Å². The lowest BCUT2D eigenvalue weighted by molar-refractivity contribution is -0.137. The third-order valence-corrected chi connectivity index (χ3v) is 2.32. The van der Waals surface area contributed by atoms with Crippen molar-refractivity contribution in [2.24, 2.45) is 0 Å². The van der Waals surface area contributed by atoms with Crippen LogP contribution in [-0.2, 0) is 17.4 Å². The summed E-state index contributed by atoms with van der Waals surface area (Å²) in [6.45, 7) is 4.01. The average Bonchev–Trinajstić information content (AvgIpc) is 2.29. The highest BCUT2D eigenvalue weighted by molar-refractivity contribution is 5.78. The third-order valence-electron chi connectivity index (χ3n) is 2.32. The zero-order chi connectivity index (χ0) is 13.6. The molecule has 98 valence electrons. The molecule has 0 saturated carbocycles. The van der Waals surface area contributed by atoms with E-state index in [1.807, 2.05) is 0 Å². The Morgan fingerprint density at radius 1 is 1.28 bits per heavy atom. The molecule has 0 fully saturated rings. The largest absolute Gasteiger partial charge is 0.416 e. The van der Waals surface area contributed by atoms with Gasteiger partial charge in [-0.15, -0.1) is 6.58 Å². The van der Waals surface area contributed by atoms with Crippen LogP contribution in [0.2, 0.25) is 0 Å². The molecule has 18 heavy (non-hydrogen) atoms. The Bertz CT molecular complexity index is 409. The molecule has 0 bridgehead atoms. The van der Waals surface area contributed by atoms with Gasteiger partial charge in [0.25, 0.3) is 0 Å². The molecule has 1 amide bonds. The topological polar surface area (TPSA) is 29.1 Å². The molecule has 0 saturated heterocycles. The molecule has 1 aromatic rings. The van der Waals surface area contributed by atoms with Gasteiger partial charge in [-0.1, -0.05) is 18.2 Å². The van der Waals surface area contributed by atoms with Crippen molar-refractivity contribution in [1.29, 1.82) is 0 Å². The molecule has 0 aliphatic heterocycles. The summed E-state index contributed by atoms with van der Waals surface area (Å²) in [6.07, 6.45) is -1.92. The lowest BCUT2D eigenvalue weighted by Crippen LogP contribution is -2.25. The second kappa shape index (κ2) is 6.23. The molecule has 0 unspecified atom stereocenters. The van der Waals surface area contributed by atoms with Crippen molar-refractivity contribution in [3.05, 3.63) is 48.0 Å². The fourth-order valence-corrected chi connectivity index (χ4v) is 1.37. The quantitative estimate of drug-likeness (QED) is 0.637. The van der Waals surface area contributed by atoms with Crippen molar-refractivity contribution in [1.82, 2.24) is 5.32 Å². The van der Waals surface area contributed by atoms with Crippen LogP contribution in [0.1, 0.15) is 17.5 Å². The zero-order valence-electron chi connectivity index (χ0n) is 9.76. The van der Waals surface area contributed by atoms with Gasteiger partial charge in [-0.3, -0.25) is 4.79 Å². The van der Waals surface area contributed by atoms with E-state index in [9.17, 15) is 18.0 Å². The Morgan fingerprint density at radius 3 is 2.39 bits per heavy atom. The molecule has 0 heterocycles. The number of nitrogens with one attached hydrogen (secondary N) is 1. The van der Waals surface area contributed by atoms with E-state index in [-0.39, 0.29) is 12.3 Å². The van der Waals surface area contributed by atoms with Gasteiger partial charge in [0.1, 0.15) is 0 Å². The highest BCUT2D eigenvalue weighted by atomic mass is 19.4. The first-order valence-corrected chi connectivity index (χ1v) is 5.47. The maximum Gasteiger partial charge on any atom is 0.416 e. The maximum absolute atomic E-state index is 12.3. The summed E-state index contributed by atoms with van der Waals surface area (Å²) in [5, 5.41) is 2.64. The summed E-state index contributed by atoms with van der Waals surface area (Å²) in [7, 11) is 0. The predicted molar refractivity (Wildman–Crippen MR) is 63.0 cm³/mol. The van der Waals surface area contributed by atoms with Crippen molar-refractivity contribution < 1.29 is 18.0 Å². The van der Waals surface area contributed by atoms with Crippen LogP contribution in [0, 0.1) is 0 Å². The monoisotopic (exact) mass is 257 g/mol. The van der Waals surface area contributed by atoms with E-state index in [1.54, 1.807) is 6.08 Å². The van der Waals surface area contributed by atoms with Crippen molar-refractivity contribution in [2.45, 2.75) is 19.0 Å². The minimum atomic E-state index is -4.34. The number of hydrogen-bond acceptors (Lipinski definition) is 1. The van der Waals surface area contributed by atoms with Crippen LogP contribution in [0.3, 0.4) is 0 Å². The van der Waals surface area contributed by atoms with Crippen LogP contribution < -0.4 is 5.32 Å². The van der Waals surface area contributed by atoms with Crippen molar-refractivity contribution in [2.75, 3.05) is 6.54 Å². The number of halogens is 3. The minimum Gasteiger partial charge on any atom is -0.356 e. The normalized spacial score (nSPS) is 11.1. The minimum absolute atomic E-state index is 0.0787. The van der Waals surface area contributed by atoms with Crippen LogP contribution in [0.4, 0.5) is 13.2 Å². The van der Waals surface area contributed by atoms with Gasteiger partial charge in [0.2, 0.25) is 5.91 Å². The molecular weight excluding hydrogens is 243 g/mol. The Kier molecular flexibility index (Phi) is 4.95. The second-order valence-electron chi connectivity index (χ2n) is 3.80. The summed E-state index contributed by atoms with van der Waals surface area (Å²) in [5.41, 5.74) is -0.155. The Labute approximate surface area is 104 Å². The van der Waals surface area contributed by atoms with Crippen LogP contribution in [0.5, 0.6) is 0 Å². The molecule has 0 atom stereocenters. The summed E-state index contributed by atoms with van der Waals surface area (Å²) < 4.78 is 36.9. The smallest absolute Gasteiger partial charge is 0.356 e. The predicted octanol–water partition coefficient (Wildman–Crippen LogP) is 2.94. The number of carbonyl (C=O) groups is 1. The number of benzene rings is 1. The Hall–Kier alpha value is -1.78. The average molecular weight is 257 g/mol. The fourth-order valence-electron chi connectivity index (χ4n) is 1.37. The van der Waals surface area contributed by atoms with Crippen LogP contribution in [0.25, 0.3) is 0 Å². The van der Waals surface area contributed by atoms with E-state index in [4.69, 9.17) is 0 Å². The first kappa shape index (κ1) is 14.3. The molecule has 2 nitrogen and oxygen atoms in total. The molecule has 0 aliphatic carbocycles. The van der Waals surface area contributed by atoms with E-state index in [1.165, 1.54) is 12.1 Å². The van der Waals surface area contributed by atoms with Gasteiger partial charge in [-0.25, -0.2) is 0 Å². The molecule has 0 aromatic heterocycles. The Morgan fingerprint density at radius 2 is 1.89 bits per heavy atom. The molecule has 1 aromatic carbocycles. The number of rotatable bonds is 5. The number of hydrogen-bond donors (Lipinski definition) is 1. The van der Waals surface area contributed by atoms with E-state index in [2.05, 4.69) is 11.9 Å². The SMILES string of the molecule is C=CCCNC(=O)Cc1ccc(C(F)(F)F)cc1. The Balaban J connectivity index is 2.53. The lowest BCUT2D eigenvalue weighted by atomic mass is 10.1. The van der Waals surface area contributed by atoms with Crippen molar-refractivity contribution >= 4 is 5.91 Å². The summed E-state index contributed by atoms with van der Waals surface area (Å²) >= 11 is 0. The van der Waals surface area contributed by atoms with Gasteiger partial charge >= 0.3 is 6.18 Å². The van der Waals surface area contributed by atoms with Gasteiger partial charge in [0.05, 0.1) is 12.0 Å². The fraction of sp³-hybridized carbons (Fsp3) is 0.308. The van der Waals surface area contributed by atoms with Crippen LogP contribution >= 0.6 is 0 Å². The van der Waals surface area contributed by atoms with E-state index < -0.39 is 11.7 Å². The van der Waals surface area contributed by atoms with Crippen molar-refractivity contribution in [3.63, 3.8) is 0 Å². The molecule has 5 heteroatoms. The highest BCUT2D eigenvalue weighted by Gasteiger charge is 2.29. The van der Waals surface area contributed by atoms with Gasteiger partial charge < -0.3 is 5.32 Å². The standard InChI is InChI=1S/C13H14F3NO/c1-2-3-8-17-12(18)9-10-4-6-11(7-5-10)13(14,15)16/h2,4-7H,1,3,8-9H2,(H,17,18). The van der Waals surface area contributed by atoms with Crippen molar-refractivity contribution in [3.8, 4) is 0 Å². The first-order valence-electron chi connectivity index (χ1n) is 5.47. The summed E-state index contributed by atoms with van der Waals surface area (Å²) in [5.74, 6) is -0.211. The highest BCUT2D eigenvalue weighted by Crippen LogP contribution is 2.29. The number of carbonyl (C=O) groups excluding carboxylic acids is 1. The maximum atomic E-state index is 12.3. The first-order chi connectivity index (χ1) is 8.43. The molecule has 0 radical (unpaired) electrons. The van der Waals surface area contributed by atoms with E-state index in [0.717, 1.165) is 12.1 Å². The lowest BCUT2D eigenvalue weighted by Gasteiger charge is -2.07. The third kappa shape index (κ3) is 4.61. The van der Waals surface area contributed by atoms with Crippen LogP contribution in [0.15, 0.2) is 36.9 Å². The molecule has 0 spiro atoms.